The number of hydrogen-bond donors (Lipinski definition) is 1. The van der Waals surface area contributed by atoms with Gasteiger partial charge in [0.2, 0.25) is 0 Å². The van der Waals surface area contributed by atoms with Crippen molar-refractivity contribution < 1.29 is 28.8 Å². The van der Waals surface area contributed by atoms with E-state index in [1.807, 2.05) is 24.3 Å². The smallest absolute Gasteiger partial charge is 0.496 e. The molecule has 7 heteroatoms. The van der Waals surface area contributed by atoms with Crippen LogP contribution in [0.5, 0.6) is 17.2 Å². The van der Waals surface area contributed by atoms with Gasteiger partial charge in [-0.2, -0.15) is 0 Å². The number of ether oxygens (including phenoxy) is 4. The van der Waals surface area contributed by atoms with Crippen LogP contribution in [-0.4, -0.2) is 55.1 Å². The lowest BCUT2D eigenvalue weighted by Gasteiger charge is -2.39. The van der Waals surface area contributed by atoms with Crippen LogP contribution in [0.25, 0.3) is 5.57 Å². The van der Waals surface area contributed by atoms with Crippen molar-refractivity contribution >= 4 is 11.7 Å². The average Bonchev–Trinajstić information content (AvgIpc) is 2.82. The number of carboxylic acid groups (broad SMARTS) is 1. The van der Waals surface area contributed by atoms with Gasteiger partial charge in [-0.15, -0.1) is 0 Å². The molecule has 0 amide bonds. The molecule has 2 aromatic carbocycles. The summed E-state index contributed by atoms with van der Waals surface area (Å²) in [5, 5.41) is 8.74. The summed E-state index contributed by atoms with van der Waals surface area (Å²) in [6.45, 7) is 8.93. The molecule has 1 saturated heterocycles. The Hall–Kier alpha value is -3.19. The van der Waals surface area contributed by atoms with Gasteiger partial charge in [-0.3, -0.25) is 4.90 Å². The topological polar surface area (TPSA) is 77.5 Å². The van der Waals surface area contributed by atoms with E-state index in [1.54, 1.807) is 7.11 Å². The van der Waals surface area contributed by atoms with Gasteiger partial charge >= 0.3 is 6.16 Å². The van der Waals surface area contributed by atoms with Gasteiger partial charge in [-0.1, -0.05) is 18.6 Å². The summed E-state index contributed by atoms with van der Waals surface area (Å²) in [4.78, 5) is 12.9. The Labute approximate surface area is 207 Å². The predicted molar refractivity (Wildman–Crippen MR) is 134 cm³/mol. The van der Waals surface area contributed by atoms with E-state index in [1.165, 1.54) is 22.3 Å². The summed E-state index contributed by atoms with van der Waals surface area (Å²) in [7, 11) is 1.66. The quantitative estimate of drug-likeness (QED) is 0.446. The van der Waals surface area contributed by atoms with Crippen LogP contribution in [0.15, 0.2) is 42.0 Å². The van der Waals surface area contributed by atoms with Crippen molar-refractivity contribution in [1.82, 2.24) is 4.90 Å². The Morgan fingerprint density at radius 2 is 1.91 bits per heavy atom. The van der Waals surface area contributed by atoms with Gasteiger partial charge in [0.25, 0.3) is 0 Å². The summed E-state index contributed by atoms with van der Waals surface area (Å²) in [5.74, 6) is 2.41. The lowest BCUT2D eigenvalue weighted by molar-refractivity contribution is -0.0292. The van der Waals surface area contributed by atoms with Gasteiger partial charge in [0.1, 0.15) is 30.0 Å². The van der Waals surface area contributed by atoms with Gasteiger partial charge in [-0.05, 0) is 74.1 Å². The third kappa shape index (κ3) is 6.09. The van der Waals surface area contributed by atoms with Crippen molar-refractivity contribution in [2.45, 2.75) is 58.8 Å². The molecule has 0 radical (unpaired) electrons. The molecule has 0 bridgehead atoms. The molecule has 0 aromatic heterocycles. The van der Waals surface area contributed by atoms with Crippen molar-refractivity contribution in [2.75, 3.05) is 26.7 Å². The van der Waals surface area contributed by atoms with Gasteiger partial charge in [-0.25, -0.2) is 4.79 Å². The molecule has 0 saturated carbocycles. The van der Waals surface area contributed by atoms with Crippen molar-refractivity contribution in [3.8, 4) is 17.2 Å². The van der Waals surface area contributed by atoms with Gasteiger partial charge in [0.05, 0.1) is 13.2 Å². The molecule has 7 nitrogen and oxygen atoms in total. The molecule has 1 aliphatic heterocycles. The highest BCUT2D eigenvalue weighted by atomic mass is 16.7. The summed E-state index contributed by atoms with van der Waals surface area (Å²) in [6, 6.07) is 12.2. The highest BCUT2D eigenvalue weighted by molar-refractivity contribution is 5.72. The van der Waals surface area contributed by atoms with E-state index >= 15 is 0 Å². The van der Waals surface area contributed by atoms with Crippen LogP contribution in [0.2, 0.25) is 0 Å². The zero-order valence-electron chi connectivity index (χ0n) is 21.0. The van der Waals surface area contributed by atoms with Crippen LogP contribution in [0.4, 0.5) is 4.79 Å². The van der Waals surface area contributed by atoms with Crippen LogP contribution >= 0.6 is 0 Å². The second-order valence-corrected chi connectivity index (χ2v) is 9.35. The minimum Gasteiger partial charge on any atom is -0.496 e. The molecule has 35 heavy (non-hydrogen) atoms. The third-order valence-corrected chi connectivity index (χ3v) is 6.88. The lowest BCUT2D eigenvalue weighted by Crippen LogP contribution is -2.53. The Bertz CT molecular complexity index is 1090. The third-order valence-electron chi connectivity index (χ3n) is 6.88. The highest BCUT2D eigenvalue weighted by Crippen LogP contribution is 2.35. The molecule has 0 spiro atoms. The second kappa shape index (κ2) is 11.0. The van der Waals surface area contributed by atoms with Crippen molar-refractivity contribution in [3.63, 3.8) is 0 Å². The second-order valence-electron chi connectivity index (χ2n) is 9.35. The first-order valence-electron chi connectivity index (χ1n) is 12.3. The van der Waals surface area contributed by atoms with Crippen LogP contribution in [-0.2, 0) is 17.8 Å². The van der Waals surface area contributed by atoms with Gasteiger partial charge in [0.15, 0.2) is 0 Å². The Kier molecular flexibility index (Phi) is 7.86. The maximum absolute atomic E-state index is 10.7. The number of allylic oxidation sites excluding steroid dienone is 1. The molecule has 4 rings (SSSR count). The molecule has 1 heterocycles. The van der Waals surface area contributed by atoms with E-state index in [0.29, 0.717) is 19.7 Å². The van der Waals surface area contributed by atoms with Crippen molar-refractivity contribution in [3.05, 3.63) is 58.7 Å². The highest BCUT2D eigenvalue weighted by Gasteiger charge is 2.31. The number of hydrogen-bond acceptors (Lipinski definition) is 6. The molecule has 0 unspecified atom stereocenters. The molecule has 188 valence electrons. The number of carbonyl (C=O) groups is 1. The lowest BCUT2D eigenvalue weighted by atomic mass is 9.85. The summed E-state index contributed by atoms with van der Waals surface area (Å²) in [5.41, 5.74) is 6.24. The summed E-state index contributed by atoms with van der Waals surface area (Å²) < 4.78 is 22.4. The molecule has 2 aliphatic rings. The molecular formula is C28H35NO6. The monoisotopic (exact) mass is 481 g/mol. The van der Waals surface area contributed by atoms with Crippen LogP contribution in [0.1, 0.15) is 50.3 Å². The number of aryl methyl sites for hydroxylation is 1. The van der Waals surface area contributed by atoms with Crippen molar-refractivity contribution in [1.29, 1.82) is 0 Å². The van der Waals surface area contributed by atoms with Crippen LogP contribution in [0, 0.1) is 0 Å². The maximum atomic E-state index is 10.7. The largest absolute Gasteiger partial charge is 0.506 e. The minimum absolute atomic E-state index is 0.157. The minimum atomic E-state index is -1.19. The first-order valence-corrected chi connectivity index (χ1v) is 12.3. The van der Waals surface area contributed by atoms with E-state index in [4.69, 9.17) is 24.1 Å². The molecule has 1 N–H and O–H groups in total. The summed E-state index contributed by atoms with van der Waals surface area (Å²) in [6.07, 6.45) is 1.67. The fourth-order valence-electron chi connectivity index (χ4n) is 4.63. The number of rotatable bonds is 10. The number of benzene rings is 2. The molecular weight excluding hydrogens is 446 g/mol. The first kappa shape index (κ1) is 24.9. The zero-order valence-corrected chi connectivity index (χ0v) is 21.0. The number of nitrogens with zero attached hydrogens (tertiary/aromatic N) is 1. The van der Waals surface area contributed by atoms with Gasteiger partial charge < -0.3 is 24.1 Å². The van der Waals surface area contributed by atoms with E-state index in [-0.39, 0.29) is 12.2 Å². The number of fused-ring (bicyclic) bond motifs is 1. The molecule has 1 aliphatic carbocycles. The normalized spacial score (nSPS) is 16.8. The molecule has 1 atom stereocenters. The van der Waals surface area contributed by atoms with E-state index in [9.17, 15) is 4.79 Å². The average molecular weight is 482 g/mol. The van der Waals surface area contributed by atoms with Crippen LogP contribution in [0.3, 0.4) is 0 Å². The van der Waals surface area contributed by atoms with E-state index in [0.717, 1.165) is 48.6 Å². The fourth-order valence-corrected chi connectivity index (χ4v) is 4.63. The number of methoxy groups -OCH3 is 1. The van der Waals surface area contributed by atoms with E-state index < -0.39 is 6.16 Å². The Morgan fingerprint density at radius 1 is 1.14 bits per heavy atom. The standard InChI is InChI=1S/C28H35NO6/c1-5-18(2)34-24-9-8-22(27(13-24)32-4)17-33-23-10-11-26-19(3)21(7-6-20(26)12-23)14-29-15-25(16-29)35-28(30)31/h8-13,18,25H,5-7,14-17H2,1-4H3,(H,30,31)/t18-/m0/s1. The Morgan fingerprint density at radius 3 is 2.63 bits per heavy atom. The zero-order chi connectivity index (χ0) is 24.9. The number of likely N-dealkylation sites (tertiary alicyclic amines) is 1. The van der Waals surface area contributed by atoms with Crippen LogP contribution < -0.4 is 14.2 Å². The molecule has 1 fully saturated rings. The van der Waals surface area contributed by atoms with E-state index in [2.05, 4.69) is 37.8 Å². The van der Waals surface area contributed by atoms with Gasteiger partial charge in [0, 0.05) is 31.3 Å². The summed E-state index contributed by atoms with van der Waals surface area (Å²) >= 11 is 0. The maximum Gasteiger partial charge on any atom is 0.506 e. The van der Waals surface area contributed by atoms with Crippen molar-refractivity contribution in [2.24, 2.45) is 0 Å². The Balaban J connectivity index is 1.37. The first-order chi connectivity index (χ1) is 16.9. The fraction of sp³-hybridized carbons (Fsp3) is 0.464. The SMILES string of the molecule is CC[C@H](C)Oc1ccc(COc2ccc3c(c2)CCC(CN2CC(OC(=O)O)C2)=C3C)c(OC)c1. The molecule has 2 aromatic rings. The predicted octanol–water partition coefficient (Wildman–Crippen LogP) is 5.55.